The number of rotatable bonds is 1. The molecule has 0 spiro atoms. The predicted molar refractivity (Wildman–Crippen MR) is 68.1 cm³/mol. The minimum Gasteiger partial charge on any atom is -0.385 e. The molecule has 2 aliphatic rings. The lowest BCUT2D eigenvalue weighted by Crippen LogP contribution is -2.50. The maximum atomic E-state index is 11.0. The third-order valence-electron chi connectivity index (χ3n) is 4.53. The smallest absolute Gasteiger partial charge is 0.0925 e. The van der Waals surface area contributed by atoms with Crippen molar-refractivity contribution < 1.29 is 5.11 Å². The summed E-state index contributed by atoms with van der Waals surface area (Å²) in [4.78, 5) is 0. The predicted octanol–water partition coefficient (Wildman–Crippen LogP) is 3.70. The third kappa shape index (κ3) is 1.75. The molecule has 0 aromatic carbocycles. The average Bonchev–Trinajstić information content (AvgIpc) is 2.15. The van der Waals surface area contributed by atoms with E-state index < -0.39 is 5.60 Å². The molecule has 1 nitrogen and oxygen atoms in total. The molecule has 3 atom stereocenters. The first-order valence-corrected chi connectivity index (χ1v) is 6.53. The van der Waals surface area contributed by atoms with Crippen molar-refractivity contribution in [2.75, 3.05) is 0 Å². The largest absolute Gasteiger partial charge is 0.385 e. The Labute approximate surface area is 99.3 Å². The monoisotopic (exact) mass is 220 g/mol. The Morgan fingerprint density at radius 2 is 2.06 bits per heavy atom. The van der Waals surface area contributed by atoms with Crippen LogP contribution in [0.5, 0.6) is 0 Å². The maximum absolute atomic E-state index is 11.0. The van der Waals surface area contributed by atoms with Gasteiger partial charge in [0.05, 0.1) is 5.60 Å². The van der Waals surface area contributed by atoms with Gasteiger partial charge in [-0.15, -0.1) is 0 Å². The maximum Gasteiger partial charge on any atom is 0.0925 e. The summed E-state index contributed by atoms with van der Waals surface area (Å²) in [7, 11) is 0. The Morgan fingerprint density at radius 3 is 2.69 bits per heavy atom. The molecule has 0 bridgehead atoms. The molecule has 2 aliphatic carbocycles. The average molecular weight is 220 g/mol. The first kappa shape index (κ1) is 11.9. The second-order valence-electron chi connectivity index (χ2n) is 6.02. The van der Waals surface area contributed by atoms with Crippen molar-refractivity contribution in [1.29, 1.82) is 0 Å². The summed E-state index contributed by atoms with van der Waals surface area (Å²) in [5.41, 5.74) is 2.01. The molecule has 1 N–H and O–H groups in total. The van der Waals surface area contributed by atoms with Crippen molar-refractivity contribution in [3.8, 4) is 0 Å². The zero-order chi connectivity index (χ0) is 11.9. The minimum absolute atomic E-state index is 0.303. The molecule has 1 fully saturated rings. The highest BCUT2D eigenvalue weighted by molar-refractivity contribution is 5.27. The van der Waals surface area contributed by atoms with Crippen LogP contribution in [0.15, 0.2) is 23.8 Å². The number of allylic oxidation sites excluding steroid dienone is 1. The molecular formula is C15H24O. The molecule has 0 amide bonds. The van der Waals surface area contributed by atoms with Crippen LogP contribution in [0.3, 0.4) is 0 Å². The molecular weight excluding hydrogens is 196 g/mol. The summed E-state index contributed by atoms with van der Waals surface area (Å²) >= 11 is 0. The lowest BCUT2D eigenvalue weighted by Gasteiger charge is -2.49. The van der Waals surface area contributed by atoms with Gasteiger partial charge in [0.2, 0.25) is 0 Å². The van der Waals surface area contributed by atoms with Crippen LogP contribution in [0.25, 0.3) is 0 Å². The Morgan fingerprint density at radius 1 is 1.38 bits per heavy atom. The fraction of sp³-hybridized carbons (Fsp3) is 0.733. The quantitative estimate of drug-likeness (QED) is 0.668. The molecule has 0 aliphatic heterocycles. The van der Waals surface area contributed by atoms with E-state index in [1.54, 1.807) is 0 Å². The normalized spacial score (nSPS) is 39.6. The van der Waals surface area contributed by atoms with Crippen LogP contribution in [0, 0.1) is 17.8 Å². The number of hydrogen-bond donors (Lipinski definition) is 1. The topological polar surface area (TPSA) is 20.2 Å². The third-order valence-corrected chi connectivity index (χ3v) is 4.53. The molecule has 0 heterocycles. The van der Waals surface area contributed by atoms with Crippen molar-refractivity contribution in [1.82, 2.24) is 0 Å². The SMILES string of the molecule is C=C1CC[C@H](C(C)C)[C@@]2(O)C=C(C)CC[C@H]12. The molecule has 2 rings (SSSR count). The second-order valence-corrected chi connectivity index (χ2v) is 6.02. The lowest BCUT2D eigenvalue weighted by atomic mass is 9.59. The van der Waals surface area contributed by atoms with Crippen molar-refractivity contribution in [2.45, 2.75) is 52.1 Å². The fourth-order valence-corrected chi connectivity index (χ4v) is 3.68. The summed E-state index contributed by atoms with van der Waals surface area (Å²) in [5, 5.41) is 11.0. The van der Waals surface area contributed by atoms with E-state index in [1.165, 1.54) is 11.1 Å². The Hall–Kier alpha value is -0.560. The molecule has 0 aromatic heterocycles. The van der Waals surface area contributed by atoms with E-state index in [9.17, 15) is 5.11 Å². The van der Waals surface area contributed by atoms with E-state index in [1.807, 2.05) is 0 Å². The number of aliphatic hydroxyl groups is 1. The summed E-state index contributed by atoms with van der Waals surface area (Å²) in [6.07, 6.45) is 6.53. The van der Waals surface area contributed by atoms with Gasteiger partial charge >= 0.3 is 0 Å². The van der Waals surface area contributed by atoms with E-state index >= 15 is 0 Å². The second kappa shape index (κ2) is 4.03. The van der Waals surface area contributed by atoms with Crippen molar-refractivity contribution in [3.05, 3.63) is 23.8 Å². The lowest BCUT2D eigenvalue weighted by molar-refractivity contribution is -0.0570. The van der Waals surface area contributed by atoms with Crippen LogP contribution in [-0.2, 0) is 0 Å². The van der Waals surface area contributed by atoms with Crippen LogP contribution in [0.2, 0.25) is 0 Å². The molecule has 16 heavy (non-hydrogen) atoms. The van der Waals surface area contributed by atoms with Gasteiger partial charge in [-0.05, 0) is 44.4 Å². The van der Waals surface area contributed by atoms with E-state index in [0.29, 0.717) is 17.8 Å². The Bertz CT molecular complexity index is 326. The highest BCUT2D eigenvalue weighted by Gasteiger charge is 2.48. The summed E-state index contributed by atoms with van der Waals surface area (Å²) in [5.74, 6) is 1.25. The van der Waals surface area contributed by atoms with Crippen LogP contribution >= 0.6 is 0 Å². The van der Waals surface area contributed by atoms with E-state index in [0.717, 1.165) is 25.7 Å². The molecule has 90 valence electrons. The Balaban J connectivity index is 2.39. The van der Waals surface area contributed by atoms with Gasteiger partial charge in [0.1, 0.15) is 0 Å². The molecule has 1 heteroatoms. The van der Waals surface area contributed by atoms with Gasteiger partial charge in [-0.25, -0.2) is 0 Å². The zero-order valence-corrected chi connectivity index (χ0v) is 10.8. The van der Waals surface area contributed by atoms with Gasteiger partial charge in [-0.3, -0.25) is 0 Å². The van der Waals surface area contributed by atoms with Crippen LogP contribution in [-0.4, -0.2) is 10.7 Å². The van der Waals surface area contributed by atoms with E-state index in [-0.39, 0.29) is 0 Å². The highest BCUT2D eigenvalue weighted by atomic mass is 16.3. The van der Waals surface area contributed by atoms with Crippen LogP contribution in [0.1, 0.15) is 46.5 Å². The minimum atomic E-state index is -0.605. The van der Waals surface area contributed by atoms with Gasteiger partial charge in [-0.2, -0.15) is 0 Å². The van der Waals surface area contributed by atoms with Crippen molar-refractivity contribution >= 4 is 0 Å². The van der Waals surface area contributed by atoms with Crippen LogP contribution in [0.4, 0.5) is 0 Å². The summed E-state index contributed by atoms with van der Waals surface area (Å²) in [6, 6.07) is 0. The molecule has 0 aromatic rings. The summed E-state index contributed by atoms with van der Waals surface area (Å²) < 4.78 is 0. The molecule has 0 saturated heterocycles. The van der Waals surface area contributed by atoms with Crippen LogP contribution < -0.4 is 0 Å². The first-order valence-electron chi connectivity index (χ1n) is 6.53. The molecule has 1 saturated carbocycles. The van der Waals surface area contributed by atoms with Gasteiger partial charge < -0.3 is 5.11 Å². The summed E-state index contributed by atoms with van der Waals surface area (Å²) in [6.45, 7) is 10.8. The van der Waals surface area contributed by atoms with E-state index in [2.05, 4.69) is 33.4 Å². The van der Waals surface area contributed by atoms with Crippen molar-refractivity contribution in [3.63, 3.8) is 0 Å². The van der Waals surface area contributed by atoms with E-state index in [4.69, 9.17) is 0 Å². The van der Waals surface area contributed by atoms with Gasteiger partial charge in [0, 0.05) is 5.92 Å². The zero-order valence-electron chi connectivity index (χ0n) is 10.8. The molecule has 0 radical (unpaired) electrons. The van der Waals surface area contributed by atoms with Gasteiger partial charge in [-0.1, -0.05) is 37.6 Å². The number of hydrogen-bond acceptors (Lipinski definition) is 1. The molecule has 0 unspecified atom stereocenters. The first-order chi connectivity index (χ1) is 7.45. The van der Waals surface area contributed by atoms with Gasteiger partial charge in [0.25, 0.3) is 0 Å². The number of fused-ring (bicyclic) bond motifs is 1. The standard InChI is InChI=1S/C15H24O/c1-10(2)13-8-6-12(4)14-7-5-11(3)9-15(13,14)16/h9-10,13-14,16H,4-8H2,1-3H3/t13-,14-,15+/m1/s1. The Kier molecular flexibility index (Phi) is 3.00. The van der Waals surface area contributed by atoms with Crippen molar-refractivity contribution in [2.24, 2.45) is 17.8 Å². The van der Waals surface area contributed by atoms with Gasteiger partial charge in [0.15, 0.2) is 0 Å². The highest BCUT2D eigenvalue weighted by Crippen LogP contribution is 2.49. The fourth-order valence-electron chi connectivity index (χ4n) is 3.68.